The van der Waals surface area contributed by atoms with Crippen molar-refractivity contribution in [2.75, 3.05) is 5.73 Å². The number of nitrogen functional groups attached to an aromatic ring is 1. The van der Waals surface area contributed by atoms with E-state index in [0.29, 0.717) is 0 Å². The van der Waals surface area contributed by atoms with Crippen LogP contribution in [0.5, 0.6) is 6.01 Å². The molecule has 2 N–H and O–H groups in total. The fourth-order valence-corrected chi connectivity index (χ4v) is 1.21. The lowest BCUT2D eigenvalue weighted by Crippen LogP contribution is -2.04. The highest BCUT2D eigenvalue weighted by Gasteiger charge is 2.07. The molecule has 18 heavy (non-hydrogen) atoms. The molecule has 94 valence electrons. The van der Waals surface area contributed by atoms with Crippen molar-refractivity contribution in [3.8, 4) is 6.01 Å². The van der Waals surface area contributed by atoms with Crippen LogP contribution in [0.4, 0.5) is 19.0 Å². The van der Waals surface area contributed by atoms with Crippen LogP contribution >= 0.6 is 0 Å². The van der Waals surface area contributed by atoms with Crippen LogP contribution in [0.3, 0.4) is 0 Å². The number of nitrogens with two attached hydrogens (primary N) is 1. The van der Waals surface area contributed by atoms with Crippen LogP contribution in [-0.4, -0.2) is 9.97 Å². The van der Waals surface area contributed by atoms with E-state index in [1.165, 1.54) is 6.07 Å². The Morgan fingerprint density at radius 2 is 1.94 bits per heavy atom. The van der Waals surface area contributed by atoms with Gasteiger partial charge < -0.3 is 10.5 Å². The Labute approximate surface area is 100 Å². The lowest BCUT2D eigenvalue weighted by molar-refractivity contribution is 0.274. The van der Waals surface area contributed by atoms with Crippen LogP contribution in [-0.2, 0) is 6.61 Å². The summed E-state index contributed by atoms with van der Waals surface area (Å²) in [6.07, 6.45) is 0.846. The van der Waals surface area contributed by atoms with E-state index in [1.807, 2.05) is 0 Å². The van der Waals surface area contributed by atoms with Crippen LogP contribution in [0.1, 0.15) is 5.56 Å². The zero-order chi connectivity index (χ0) is 13.1. The summed E-state index contributed by atoms with van der Waals surface area (Å²) >= 11 is 0. The molecule has 0 atom stereocenters. The van der Waals surface area contributed by atoms with Gasteiger partial charge in [0.05, 0.1) is 6.20 Å². The van der Waals surface area contributed by atoms with Gasteiger partial charge in [0.25, 0.3) is 0 Å². The second kappa shape index (κ2) is 4.91. The first-order chi connectivity index (χ1) is 8.56. The normalized spacial score (nSPS) is 10.4. The van der Waals surface area contributed by atoms with Gasteiger partial charge in [-0.1, -0.05) is 0 Å². The molecule has 0 aliphatic carbocycles. The van der Waals surface area contributed by atoms with E-state index in [0.717, 1.165) is 18.3 Å². The summed E-state index contributed by atoms with van der Waals surface area (Å²) < 4.78 is 43.7. The van der Waals surface area contributed by atoms with Gasteiger partial charge >= 0.3 is 6.01 Å². The molecule has 2 aromatic rings. The van der Waals surface area contributed by atoms with Crippen molar-refractivity contribution in [1.82, 2.24) is 9.97 Å². The predicted octanol–water partition coefficient (Wildman–Crippen LogP) is 2.06. The standard InChI is InChI=1S/C11H8F3N3O/c12-7-2-1-6(8(13)3-7)5-18-11-16-4-9(14)10(15)17-11/h1-4H,5H2,(H2,15,16,17). The van der Waals surface area contributed by atoms with Gasteiger partial charge in [-0.2, -0.15) is 4.98 Å². The summed E-state index contributed by atoms with van der Waals surface area (Å²) in [5.41, 5.74) is 5.34. The van der Waals surface area contributed by atoms with Gasteiger partial charge in [0.15, 0.2) is 11.6 Å². The molecule has 7 heteroatoms. The quantitative estimate of drug-likeness (QED) is 0.911. The zero-order valence-electron chi connectivity index (χ0n) is 9.03. The third-order valence-corrected chi connectivity index (χ3v) is 2.12. The first kappa shape index (κ1) is 12.2. The van der Waals surface area contributed by atoms with Crippen LogP contribution < -0.4 is 10.5 Å². The van der Waals surface area contributed by atoms with Crippen molar-refractivity contribution >= 4 is 5.82 Å². The molecular weight excluding hydrogens is 247 g/mol. The lowest BCUT2D eigenvalue weighted by atomic mass is 10.2. The molecule has 4 nitrogen and oxygen atoms in total. The Morgan fingerprint density at radius 1 is 1.17 bits per heavy atom. The van der Waals surface area contributed by atoms with Crippen molar-refractivity contribution < 1.29 is 17.9 Å². The SMILES string of the molecule is Nc1nc(OCc2ccc(F)cc2F)ncc1F. The van der Waals surface area contributed by atoms with Crippen LogP contribution in [0.25, 0.3) is 0 Å². The first-order valence-corrected chi connectivity index (χ1v) is 4.91. The molecule has 0 radical (unpaired) electrons. The van der Waals surface area contributed by atoms with Crippen LogP contribution in [0.2, 0.25) is 0 Å². The Hall–Kier alpha value is -2.31. The number of ether oxygens (including phenoxy) is 1. The van der Waals surface area contributed by atoms with E-state index in [9.17, 15) is 13.2 Å². The molecule has 2 rings (SSSR count). The van der Waals surface area contributed by atoms with Crippen LogP contribution in [0, 0.1) is 17.5 Å². The third-order valence-electron chi connectivity index (χ3n) is 2.12. The summed E-state index contributed by atoms with van der Waals surface area (Å²) in [5, 5.41) is 0. The fraction of sp³-hybridized carbons (Fsp3) is 0.0909. The second-order valence-electron chi connectivity index (χ2n) is 3.41. The van der Waals surface area contributed by atoms with Crippen molar-refractivity contribution in [1.29, 1.82) is 0 Å². The summed E-state index contributed by atoms with van der Waals surface area (Å²) in [6.45, 7) is -0.211. The number of anilines is 1. The Bertz CT molecular complexity index is 577. The Morgan fingerprint density at radius 3 is 2.61 bits per heavy atom. The average molecular weight is 255 g/mol. The first-order valence-electron chi connectivity index (χ1n) is 4.91. The van der Waals surface area contributed by atoms with Crippen molar-refractivity contribution in [2.45, 2.75) is 6.61 Å². The maximum atomic E-state index is 13.3. The smallest absolute Gasteiger partial charge is 0.318 e. The van der Waals surface area contributed by atoms with E-state index in [1.54, 1.807) is 0 Å². The minimum Gasteiger partial charge on any atom is -0.458 e. The highest BCUT2D eigenvalue weighted by molar-refractivity contribution is 5.29. The van der Waals surface area contributed by atoms with E-state index < -0.39 is 17.5 Å². The van der Waals surface area contributed by atoms with Crippen molar-refractivity contribution in [3.63, 3.8) is 0 Å². The topological polar surface area (TPSA) is 61.0 Å². The highest BCUT2D eigenvalue weighted by Crippen LogP contribution is 2.14. The fourth-order valence-electron chi connectivity index (χ4n) is 1.21. The van der Waals surface area contributed by atoms with Gasteiger partial charge in [-0.15, -0.1) is 0 Å². The van der Waals surface area contributed by atoms with Crippen LogP contribution in [0.15, 0.2) is 24.4 Å². The van der Waals surface area contributed by atoms with Gasteiger partial charge in [-0.05, 0) is 12.1 Å². The molecule has 0 fully saturated rings. The third kappa shape index (κ3) is 2.68. The molecule has 0 amide bonds. The van der Waals surface area contributed by atoms with Gasteiger partial charge in [0, 0.05) is 11.6 Å². The molecule has 0 aliphatic rings. The maximum absolute atomic E-state index is 13.3. The van der Waals surface area contributed by atoms with E-state index in [-0.39, 0.29) is 24.0 Å². The average Bonchev–Trinajstić information content (AvgIpc) is 2.32. The summed E-state index contributed by atoms with van der Waals surface area (Å²) in [4.78, 5) is 7.02. The Balaban J connectivity index is 2.09. The summed E-state index contributed by atoms with van der Waals surface area (Å²) in [5.74, 6) is -2.56. The molecule has 0 unspecified atom stereocenters. The number of benzene rings is 1. The molecule has 0 spiro atoms. The number of nitrogens with zero attached hydrogens (tertiary/aromatic N) is 2. The minimum absolute atomic E-state index is 0.128. The van der Waals surface area contributed by atoms with Crippen molar-refractivity contribution in [3.05, 3.63) is 47.4 Å². The molecular formula is C11H8F3N3O. The summed E-state index contributed by atoms with van der Waals surface area (Å²) in [6, 6.07) is 2.88. The lowest BCUT2D eigenvalue weighted by Gasteiger charge is -2.06. The number of rotatable bonds is 3. The monoisotopic (exact) mass is 255 g/mol. The Kier molecular flexibility index (Phi) is 3.31. The number of hydrogen-bond donors (Lipinski definition) is 1. The van der Waals surface area contributed by atoms with E-state index in [4.69, 9.17) is 10.5 Å². The molecule has 0 saturated carbocycles. The number of aromatic nitrogens is 2. The van der Waals surface area contributed by atoms with Gasteiger partial charge in [0.2, 0.25) is 0 Å². The molecule has 1 aromatic carbocycles. The maximum Gasteiger partial charge on any atom is 0.318 e. The largest absolute Gasteiger partial charge is 0.458 e. The summed E-state index contributed by atoms with van der Waals surface area (Å²) in [7, 11) is 0. The molecule has 1 aromatic heterocycles. The second-order valence-corrected chi connectivity index (χ2v) is 3.41. The zero-order valence-corrected chi connectivity index (χ0v) is 9.03. The molecule has 1 heterocycles. The van der Waals surface area contributed by atoms with Crippen molar-refractivity contribution in [2.24, 2.45) is 0 Å². The van der Waals surface area contributed by atoms with Gasteiger partial charge in [-0.3, -0.25) is 0 Å². The minimum atomic E-state index is -0.768. The molecule has 0 bridgehead atoms. The van der Waals surface area contributed by atoms with Gasteiger partial charge in [-0.25, -0.2) is 18.2 Å². The molecule has 0 aliphatic heterocycles. The molecule has 0 saturated heterocycles. The van der Waals surface area contributed by atoms with E-state index >= 15 is 0 Å². The van der Waals surface area contributed by atoms with Gasteiger partial charge in [0.1, 0.15) is 18.2 Å². The predicted molar refractivity (Wildman–Crippen MR) is 57.1 cm³/mol. The highest BCUT2D eigenvalue weighted by atomic mass is 19.1. The number of hydrogen-bond acceptors (Lipinski definition) is 4. The van der Waals surface area contributed by atoms with E-state index in [2.05, 4.69) is 9.97 Å². The number of halogens is 3.